The summed E-state index contributed by atoms with van der Waals surface area (Å²) < 4.78 is 5.86. The Bertz CT molecular complexity index is 797. The summed E-state index contributed by atoms with van der Waals surface area (Å²) in [5, 5.41) is 7.46. The molecule has 2 aromatic rings. The van der Waals surface area contributed by atoms with Gasteiger partial charge in [-0.2, -0.15) is 0 Å². The molecule has 1 heterocycles. The maximum atomic E-state index is 12.4. The Labute approximate surface area is 181 Å². The first-order valence-electron chi connectivity index (χ1n) is 11.1. The molecule has 4 nitrogen and oxygen atoms in total. The van der Waals surface area contributed by atoms with Crippen LogP contribution in [0.2, 0.25) is 0 Å². The minimum atomic E-state index is 0.0393. The lowest BCUT2D eigenvalue weighted by atomic mass is 9.79. The predicted octanol–water partition coefficient (Wildman–Crippen LogP) is 4.98. The molecular formula is C26H36N2O2. The van der Waals surface area contributed by atoms with Crippen LogP contribution in [-0.4, -0.2) is 36.1 Å². The highest BCUT2D eigenvalue weighted by molar-refractivity contribution is 6.08. The van der Waals surface area contributed by atoms with Crippen molar-refractivity contribution in [2.24, 2.45) is 0 Å². The van der Waals surface area contributed by atoms with Gasteiger partial charge in [0.05, 0.1) is 6.61 Å². The molecule has 0 unspecified atom stereocenters. The van der Waals surface area contributed by atoms with E-state index in [0.29, 0.717) is 23.8 Å². The third-order valence-electron chi connectivity index (χ3n) is 5.62. The first kappa shape index (κ1) is 22.5. The summed E-state index contributed by atoms with van der Waals surface area (Å²) in [5.41, 5.74) is 1.75. The third kappa shape index (κ3) is 6.68. The van der Waals surface area contributed by atoms with Crippen molar-refractivity contribution < 1.29 is 9.53 Å². The number of unbranched alkanes of at least 4 members (excludes halogenated alkanes) is 1. The Morgan fingerprint density at radius 3 is 2.17 bits per heavy atom. The molecule has 2 aromatic carbocycles. The summed E-state index contributed by atoms with van der Waals surface area (Å²) >= 11 is 0. The molecule has 1 aliphatic rings. The maximum Gasteiger partial charge on any atom is 0.193 e. The zero-order valence-electron chi connectivity index (χ0n) is 18.8. The molecule has 0 amide bonds. The highest BCUT2D eigenvalue weighted by Gasteiger charge is 2.37. The van der Waals surface area contributed by atoms with Crippen molar-refractivity contribution >= 4 is 5.78 Å². The van der Waals surface area contributed by atoms with Gasteiger partial charge in [-0.25, -0.2) is 0 Å². The van der Waals surface area contributed by atoms with Gasteiger partial charge in [0.15, 0.2) is 5.78 Å². The van der Waals surface area contributed by atoms with Crippen LogP contribution in [-0.2, 0) is 0 Å². The number of hydrogen-bond donors (Lipinski definition) is 2. The topological polar surface area (TPSA) is 50.4 Å². The first-order chi connectivity index (χ1) is 14.2. The van der Waals surface area contributed by atoms with Crippen molar-refractivity contribution in [3.63, 3.8) is 0 Å². The molecule has 0 bridgehead atoms. The number of carbonyl (C=O) groups is 1. The molecule has 162 valence electrons. The van der Waals surface area contributed by atoms with E-state index in [1.54, 1.807) is 0 Å². The summed E-state index contributed by atoms with van der Waals surface area (Å²) in [7, 11) is 0. The smallest absolute Gasteiger partial charge is 0.193 e. The quantitative estimate of drug-likeness (QED) is 0.454. The molecule has 30 heavy (non-hydrogen) atoms. The van der Waals surface area contributed by atoms with E-state index in [0.717, 1.165) is 38.0 Å². The monoisotopic (exact) mass is 408 g/mol. The van der Waals surface area contributed by atoms with E-state index in [4.69, 9.17) is 4.74 Å². The fourth-order valence-corrected chi connectivity index (χ4v) is 4.65. The molecule has 1 fully saturated rings. The average Bonchev–Trinajstić information content (AvgIpc) is 2.69. The Balaban J connectivity index is 1.35. The second kappa shape index (κ2) is 9.76. The van der Waals surface area contributed by atoms with E-state index < -0.39 is 0 Å². The van der Waals surface area contributed by atoms with E-state index in [1.165, 1.54) is 0 Å². The molecule has 0 saturated carbocycles. The van der Waals surface area contributed by atoms with Gasteiger partial charge >= 0.3 is 0 Å². The number of ketones is 1. The Kier molecular flexibility index (Phi) is 7.32. The number of ether oxygens (including phenoxy) is 1. The van der Waals surface area contributed by atoms with Gasteiger partial charge < -0.3 is 15.4 Å². The van der Waals surface area contributed by atoms with Crippen LogP contribution < -0.4 is 15.4 Å². The molecule has 0 spiro atoms. The number of hydrogen-bond acceptors (Lipinski definition) is 4. The summed E-state index contributed by atoms with van der Waals surface area (Å²) in [4.78, 5) is 12.4. The lowest BCUT2D eigenvalue weighted by Gasteiger charge is -2.46. The molecule has 0 aliphatic carbocycles. The average molecular weight is 409 g/mol. The second-order valence-corrected chi connectivity index (χ2v) is 9.73. The van der Waals surface area contributed by atoms with Crippen molar-refractivity contribution in [1.29, 1.82) is 0 Å². The number of rotatable bonds is 9. The van der Waals surface area contributed by atoms with E-state index >= 15 is 0 Å². The summed E-state index contributed by atoms with van der Waals surface area (Å²) in [5.74, 6) is 0.854. The van der Waals surface area contributed by atoms with Crippen LogP contribution in [0.15, 0.2) is 54.6 Å². The number of benzene rings is 2. The highest BCUT2D eigenvalue weighted by atomic mass is 16.5. The van der Waals surface area contributed by atoms with E-state index in [-0.39, 0.29) is 16.9 Å². The molecule has 2 N–H and O–H groups in total. The van der Waals surface area contributed by atoms with Crippen LogP contribution in [0, 0.1) is 0 Å². The van der Waals surface area contributed by atoms with Crippen LogP contribution in [0.1, 0.15) is 69.3 Å². The van der Waals surface area contributed by atoms with Crippen molar-refractivity contribution in [3.05, 3.63) is 65.7 Å². The van der Waals surface area contributed by atoms with E-state index in [9.17, 15) is 4.79 Å². The molecular weight excluding hydrogens is 372 g/mol. The summed E-state index contributed by atoms with van der Waals surface area (Å²) in [6, 6.07) is 17.4. The first-order valence-corrected chi connectivity index (χ1v) is 11.1. The van der Waals surface area contributed by atoms with Gasteiger partial charge in [0.25, 0.3) is 0 Å². The van der Waals surface area contributed by atoms with Crippen LogP contribution in [0.3, 0.4) is 0 Å². The standard InChI is InChI=1S/C26H36N2O2/c1-25(2)18-22(19-26(3,4)28-25)27-16-8-9-17-30-23-14-12-21(13-15-23)24(29)20-10-6-5-7-11-20/h5-7,10-15,22,27-28H,8-9,16-19H2,1-4H3. The Morgan fingerprint density at radius 2 is 1.53 bits per heavy atom. The zero-order valence-corrected chi connectivity index (χ0v) is 18.8. The van der Waals surface area contributed by atoms with Crippen molar-refractivity contribution in [2.45, 2.75) is 70.5 Å². The van der Waals surface area contributed by atoms with Gasteiger partial charge in [-0.1, -0.05) is 30.3 Å². The third-order valence-corrected chi connectivity index (χ3v) is 5.62. The van der Waals surface area contributed by atoms with Crippen molar-refractivity contribution in [2.75, 3.05) is 13.2 Å². The van der Waals surface area contributed by atoms with Crippen LogP contribution in [0.5, 0.6) is 5.75 Å². The highest BCUT2D eigenvalue weighted by Crippen LogP contribution is 2.28. The van der Waals surface area contributed by atoms with Gasteiger partial charge in [0.2, 0.25) is 0 Å². The molecule has 3 rings (SSSR count). The molecule has 0 radical (unpaired) electrons. The summed E-state index contributed by atoms with van der Waals surface area (Å²) in [6.45, 7) is 10.9. The lowest BCUT2D eigenvalue weighted by Crippen LogP contribution is -2.61. The minimum Gasteiger partial charge on any atom is -0.494 e. The number of nitrogens with one attached hydrogen (secondary N) is 2. The lowest BCUT2D eigenvalue weighted by molar-refractivity contribution is 0.103. The van der Waals surface area contributed by atoms with Gasteiger partial charge in [-0.05, 0) is 84.2 Å². The van der Waals surface area contributed by atoms with E-state index in [1.807, 2.05) is 54.6 Å². The number of carbonyl (C=O) groups excluding carboxylic acids is 1. The normalized spacial score (nSPS) is 18.1. The zero-order chi connectivity index (χ0) is 21.6. The SMILES string of the molecule is CC1(C)CC(NCCCCOc2ccc(C(=O)c3ccccc3)cc2)CC(C)(C)N1. The maximum absolute atomic E-state index is 12.4. The predicted molar refractivity (Wildman–Crippen MR) is 123 cm³/mol. The van der Waals surface area contributed by atoms with Crippen molar-refractivity contribution in [1.82, 2.24) is 10.6 Å². The Hall–Kier alpha value is -2.17. The molecule has 1 aliphatic heterocycles. The fraction of sp³-hybridized carbons (Fsp3) is 0.500. The van der Waals surface area contributed by atoms with Gasteiger partial charge in [0.1, 0.15) is 5.75 Å². The van der Waals surface area contributed by atoms with Crippen LogP contribution in [0.4, 0.5) is 0 Å². The van der Waals surface area contributed by atoms with Crippen LogP contribution in [0.25, 0.3) is 0 Å². The van der Waals surface area contributed by atoms with Crippen LogP contribution >= 0.6 is 0 Å². The molecule has 0 aromatic heterocycles. The largest absolute Gasteiger partial charge is 0.494 e. The van der Waals surface area contributed by atoms with E-state index in [2.05, 4.69) is 38.3 Å². The second-order valence-electron chi connectivity index (χ2n) is 9.73. The van der Waals surface area contributed by atoms with Gasteiger partial charge in [-0.3, -0.25) is 4.79 Å². The van der Waals surface area contributed by atoms with Crippen molar-refractivity contribution in [3.8, 4) is 5.75 Å². The van der Waals surface area contributed by atoms with Gasteiger partial charge in [-0.15, -0.1) is 0 Å². The molecule has 4 heteroatoms. The molecule has 0 atom stereocenters. The Morgan fingerprint density at radius 1 is 0.933 bits per heavy atom. The van der Waals surface area contributed by atoms with Gasteiger partial charge in [0, 0.05) is 28.2 Å². The number of piperidine rings is 1. The summed E-state index contributed by atoms with van der Waals surface area (Å²) in [6.07, 6.45) is 4.41. The molecule has 1 saturated heterocycles. The minimum absolute atomic E-state index is 0.0393. The fourth-order valence-electron chi connectivity index (χ4n) is 4.65.